The molecule has 0 saturated carbocycles. The van der Waals surface area contributed by atoms with Gasteiger partial charge in [0, 0.05) is 25.0 Å². The molecule has 1 heterocycles. The van der Waals surface area contributed by atoms with Crippen LogP contribution >= 0.6 is 0 Å². The molecule has 0 aliphatic rings. The Bertz CT molecular complexity index is 526. The molecule has 0 bridgehead atoms. The van der Waals surface area contributed by atoms with Gasteiger partial charge in [0.05, 0.1) is 11.4 Å². The summed E-state index contributed by atoms with van der Waals surface area (Å²) in [4.78, 5) is 8.61. The number of hydrogen-bond acceptors (Lipinski definition) is 3. The zero-order valence-corrected chi connectivity index (χ0v) is 12.1. The second-order valence-electron chi connectivity index (χ2n) is 5.17. The number of aryl methyl sites for hydroxylation is 3. The number of nitrogens with one attached hydrogen (secondary N) is 1. The van der Waals surface area contributed by atoms with E-state index in [1.807, 2.05) is 13.1 Å². The highest BCUT2D eigenvalue weighted by atomic mass is 14.9. The van der Waals surface area contributed by atoms with Crippen LogP contribution in [0.15, 0.2) is 30.6 Å². The average molecular weight is 255 g/mol. The first-order chi connectivity index (χ1) is 9.04. The van der Waals surface area contributed by atoms with E-state index in [4.69, 9.17) is 0 Å². The van der Waals surface area contributed by atoms with Gasteiger partial charge in [0.15, 0.2) is 0 Å². The number of rotatable bonds is 4. The van der Waals surface area contributed by atoms with Gasteiger partial charge >= 0.3 is 0 Å². The molecule has 0 amide bonds. The van der Waals surface area contributed by atoms with Crippen LogP contribution in [-0.4, -0.2) is 9.97 Å². The second kappa shape index (κ2) is 5.93. The lowest BCUT2D eigenvalue weighted by Crippen LogP contribution is -2.19. The van der Waals surface area contributed by atoms with E-state index in [-0.39, 0.29) is 0 Å². The van der Waals surface area contributed by atoms with Gasteiger partial charge in [-0.1, -0.05) is 29.3 Å². The lowest BCUT2D eigenvalue weighted by molar-refractivity contribution is 0.565. The van der Waals surface area contributed by atoms with Crippen molar-refractivity contribution in [3.8, 4) is 0 Å². The molecule has 19 heavy (non-hydrogen) atoms. The normalized spacial score (nSPS) is 12.4. The summed E-state index contributed by atoms with van der Waals surface area (Å²) in [7, 11) is 0. The van der Waals surface area contributed by atoms with Crippen LogP contribution in [0.3, 0.4) is 0 Å². The molecule has 3 heteroatoms. The third-order valence-electron chi connectivity index (χ3n) is 3.17. The molecular formula is C16H21N3. The van der Waals surface area contributed by atoms with Crippen LogP contribution in [0.5, 0.6) is 0 Å². The van der Waals surface area contributed by atoms with Crippen molar-refractivity contribution in [3.05, 3.63) is 58.7 Å². The highest BCUT2D eigenvalue weighted by molar-refractivity contribution is 5.30. The van der Waals surface area contributed by atoms with Crippen molar-refractivity contribution in [2.75, 3.05) is 0 Å². The zero-order valence-electron chi connectivity index (χ0n) is 12.1. The predicted octanol–water partition coefficient (Wildman–Crippen LogP) is 3.25. The molecule has 0 radical (unpaired) electrons. The van der Waals surface area contributed by atoms with Gasteiger partial charge in [0.1, 0.15) is 0 Å². The number of aromatic nitrogens is 2. The summed E-state index contributed by atoms with van der Waals surface area (Å²) in [5.74, 6) is 0. The summed E-state index contributed by atoms with van der Waals surface area (Å²) >= 11 is 0. The third-order valence-corrected chi connectivity index (χ3v) is 3.17. The molecule has 1 aromatic heterocycles. The number of hydrogen-bond donors (Lipinski definition) is 1. The Kier molecular flexibility index (Phi) is 4.27. The molecule has 0 spiro atoms. The van der Waals surface area contributed by atoms with E-state index < -0.39 is 0 Å². The first-order valence-corrected chi connectivity index (χ1v) is 6.63. The zero-order chi connectivity index (χ0) is 13.8. The van der Waals surface area contributed by atoms with Gasteiger partial charge in [-0.25, -0.2) is 0 Å². The van der Waals surface area contributed by atoms with Gasteiger partial charge in [-0.05, 0) is 33.3 Å². The van der Waals surface area contributed by atoms with Gasteiger partial charge < -0.3 is 5.32 Å². The van der Waals surface area contributed by atoms with E-state index in [2.05, 4.69) is 54.3 Å². The molecule has 0 saturated heterocycles. The Morgan fingerprint density at radius 3 is 2.26 bits per heavy atom. The van der Waals surface area contributed by atoms with Crippen LogP contribution < -0.4 is 5.32 Å². The lowest BCUT2D eigenvalue weighted by atomic mass is 10.0. The summed E-state index contributed by atoms with van der Waals surface area (Å²) in [5.41, 5.74) is 5.85. The molecule has 0 aliphatic carbocycles. The Labute approximate surface area is 115 Å². The van der Waals surface area contributed by atoms with E-state index in [9.17, 15) is 0 Å². The average Bonchev–Trinajstić information content (AvgIpc) is 2.36. The van der Waals surface area contributed by atoms with Crippen LogP contribution in [0, 0.1) is 20.8 Å². The van der Waals surface area contributed by atoms with Crippen molar-refractivity contribution in [3.63, 3.8) is 0 Å². The van der Waals surface area contributed by atoms with Gasteiger partial charge in [0.25, 0.3) is 0 Å². The fourth-order valence-corrected chi connectivity index (χ4v) is 2.15. The second-order valence-corrected chi connectivity index (χ2v) is 5.17. The van der Waals surface area contributed by atoms with Crippen LogP contribution in [0.1, 0.15) is 41.0 Å². The topological polar surface area (TPSA) is 37.8 Å². The maximum Gasteiger partial charge on any atom is 0.0724 e. The Hall–Kier alpha value is -1.74. The van der Waals surface area contributed by atoms with E-state index in [0.717, 1.165) is 17.9 Å². The minimum atomic E-state index is 0.307. The molecule has 0 aliphatic heterocycles. The third kappa shape index (κ3) is 3.86. The first-order valence-electron chi connectivity index (χ1n) is 6.63. The molecule has 2 rings (SSSR count). The molecule has 1 aromatic carbocycles. The predicted molar refractivity (Wildman–Crippen MR) is 77.9 cm³/mol. The van der Waals surface area contributed by atoms with E-state index >= 15 is 0 Å². The lowest BCUT2D eigenvalue weighted by Gasteiger charge is -2.15. The summed E-state index contributed by atoms with van der Waals surface area (Å²) in [5, 5.41) is 3.49. The van der Waals surface area contributed by atoms with Crippen LogP contribution in [-0.2, 0) is 6.54 Å². The molecule has 1 unspecified atom stereocenters. The van der Waals surface area contributed by atoms with Crippen LogP contribution in [0.4, 0.5) is 0 Å². The smallest absolute Gasteiger partial charge is 0.0724 e. The Morgan fingerprint density at radius 2 is 1.68 bits per heavy atom. The van der Waals surface area contributed by atoms with Crippen molar-refractivity contribution < 1.29 is 0 Å². The first kappa shape index (κ1) is 13.7. The fraction of sp³-hybridized carbons (Fsp3) is 0.375. The minimum Gasteiger partial charge on any atom is -0.305 e. The summed E-state index contributed by atoms with van der Waals surface area (Å²) in [6.45, 7) is 9.13. The number of nitrogens with zero attached hydrogens (tertiary/aromatic N) is 2. The van der Waals surface area contributed by atoms with Gasteiger partial charge in [-0.2, -0.15) is 0 Å². The highest BCUT2D eigenvalue weighted by Crippen LogP contribution is 2.16. The van der Waals surface area contributed by atoms with E-state index in [1.165, 1.54) is 16.7 Å². The van der Waals surface area contributed by atoms with Gasteiger partial charge in [-0.15, -0.1) is 0 Å². The van der Waals surface area contributed by atoms with E-state index in [1.54, 1.807) is 6.20 Å². The number of benzene rings is 1. The highest BCUT2D eigenvalue weighted by Gasteiger charge is 2.06. The summed E-state index contributed by atoms with van der Waals surface area (Å²) < 4.78 is 0. The van der Waals surface area contributed by atoms with Crippen LogP contribution in [0.25, 0.3) is 0 Å². The largest absolute Gasteiger partial charge is 0.305 e. The van der Waals surface area contributed by atoms with Gasteiger partial charge in [0.2, 0.25) is 0 Å². The van der Waals surface area contributed by atoms with Crippen molar-refractivity contribution >= 4 is 0 Å². The van der Waals surface area contributed by atoms with Crippen molar-refractivity contribution in [2.24, 2.45) is 0 Å². The maximum absolute atomic E-state index is 4.35. The quantitative estimate of drug-likeness (QED) is 0.911. The molecule has 100 valence electrons. The maximum atomic E-state index is 4.35. The molecular weight excluding hydrogens is 234 g/mol. The summed E-state index contributed by atoms with van der Waals surface area (Å²) in [6.07, 6.45) is 3.63. The van der Waals surface area contributed by atoms with Crippen molar-refractivity contribution in [2.45, 2.75) is 40.3 Å². The van der Waals surface area contributed by atoms with Crippen LogP contribution in [0.2, 0.25) is 0 Å². The van der Waals surface area contributed by atoms with Gasteiger partial charge in [-0.3, -0.25) is 9.97 Å². The minimum absolute atomic E-state index is 0.307. The summed E-state index contributed by atoms with van der Waals surface area (Å²) in [6, 6.07) is 6.96. The molecule has 3 nitrogen and oxygen atoms in total. The van der Waals surface area contributed by atoms with Crippen molar-refractivity contribution in [1.82, 2.24) is 15.3 Å². The fourth-order valence-electron chi connectivity index (χ4n) is 2.15. The molecule has 1 N–H and O–H groups in total. The van der Waals surface area contributed by atoms with Crippen molar-refractivity contribution in [1.29, 1.82) is 0 Å². The molecule has 0 fully saturated rings. The van der Waals surface area contributed by atoms with E-state index in [0.29, 0.717) is 6.04 Å². The SMILES string of the molecule is Cc1cc(C)cc(C(C)NCc2cnc(C)cn2)c1. The Morgan fingerprint density at radius 1 is 1.00 bits per heavy atom. The monoisotopic (exact) mass is 255 g/mol. The molecule has 2 aromatic rings. The standard InChI is InChI=1S/C16H21N3/c1-11-5-12(2)7-15(6-11)14(4)18-10-16-9-17-13(3)8-19-16/h5-9,14,18H,10H2,1-4H3. The Balaban J connectivity index is 2.00. The molecule has 1 atom stereocenters.